The third kappa shape index (κ3) is 4.96. The Hall–Kier alpha value is -0.580. The van der Waals surface area contributed by atoms with Crippen molar-refractivity contribution in [3.63, 3.8) is 0 Å². The standard InChI is InChI=1S/C13H22N2OS.ClH/c1-3-5-6-11(9-14)15-13(16)12-10(4-2)7-8-17-12;/h7-8,11H,3-6,9,14H2,1-2H3,(H,15,16);1H. The van der Waals surface area contributed by atoms with Crippen molar-refractivity contribution in [2.75, 3.05) is 6.54 Å². The summed E-state index contributed by atoms with van der Waals surface area (Å²) >= 11 is 1.51. The molecule has 0 aliphatic heterocycles. The van der Waals surface area contributed by atoms with Crippen molar-refractivity contribution >= 4 is 29.7 Å². The van der Waals surface area contributed by atoms with Crippen LogP contribution >= 0.6 is 23.7 Å². The number of hydrogen-bond donors (Lipinski definition) is 2. The molecule has 0 fully saturated rings. The number of halogens is 1. The molecule has 0 spiro atoms. The molecule has 1 aromatic heterocycles. The number of rotatable bonds is 7. The summed E-state index contributed by atoms with van der Waals surface area (Å²) in [5.41, 5.74) is 6.80. The molecule has 18 heavy (non-hydrogen) atoms. The Bertz CT molecular complexity index is 355. The highest BCUT2D eigenvalue weighted by Gasteiger charge is 2.15. The molecule has 3 N–H and O–H groups in total. The normalized spacial score (nSPS) is 11.7. The highest BCUT2D eigenvalue weighted by Crippen LogP contribution is 2.17. The highest BCUT2D eigenvalue weighted by atomic mass is 35.5. The van der Waals surface area contributed by atoms with Crippen molar-refractivity contribution in [3.8, 4) is 0 Å². The predicted octanol–water partition coefficient (Wildman–Crippen LogP) is 2.98. The summed E-state index contributed by atoms with van der Waals surface area (Å²) in [6, 6.07) is 2.12. The van der Waals surface area contributed by atoms with Crippen LogP contribution in [-0.4, -0.2) is 18.5 Å². The minimum Gasteiger partial charge on any atom is -0.347 e. The van der Waals surface area contributed by atoms with Crippen LogP contribution < -0.4 is 11.1 Å². The molecule has 0 aliphatic carbocycles. The second kappa shape index (κ2) is 9.36. The number of carbonyl (C=O) groups excluding carboxylic acids is 1. The quantitative estimate of drug-likeness (QED) is 0.811. The lowest BCUT2D eigenvalue weighted by Crippen LogP contribution is -2.40. The van der Waals surface area contributed by atoms with Crippen LogP contribution in [0.1, 0.15) is 48.3 Å². The van der Waals surface area contributed by atoms with Crippen LogP contribution in [0.15, 0.2) is 11.4 Å². The van der Waals surface area contributed by atoms with Crippen molar-refractivity contribution in [2.45, 2.75) is 45.6 Å². The second-order valence-corrected chi connectivity index (χ2v) is 5.09. The van der Waals surface area contributed by atoms with Gasteiger partial charge in [0.25, 0.3) is 5.91 Å². The van der Waals surface area contributed by atoms with Gasteiger partial charge in [0.15, 0.2) is 0 Å². The molecule has 1 aromatic rings. The molecule has 0 aliphatic rings. The summed E-state index contributed by atoms with van der Waals surface area (Å²) in [6.07, 6.45) is 4.10. The van der Waals surface area contributed by atoms with E-state index in [-0.39, 0.29) is 24.4 Å². The van der Waals surface area contributed by atoms with Crippen LogP contribution in [0.5, 0.6) is 0 Å². The molecule has 1 atom stereocenters. The van der Waals surface area contributed by atoms with Gasteiger partial charge in [0.1, 0.15) is 0 Å². The van der Waals surface area contributed by atoms with Gasteiger partial charge >= 0.3 is 0 Å². The molecule has 0 aromatic carbocycles. The molecule has 104 valence electrons. The fraction of sp³-hybridized carbons (Fsp3) is 0.615. The number of nitrogens with one attached hydrogen (secondary N) is 1. The molecule has 0 bridgehead atoms. The van der Waals surface area contributed by atoms with E-state index in [0.29, 0.717) is 6.54 Å². The summed E-state index contributed by atoms with van der Waals surface area (Å²) in [5.74, 6) is 0.0309. The summed E-state index contributed by atoms with van der Waals surface area (Å²) in [6.45, 7) is 4.72. The van der Waals surface area contributed by atoms with Crippen LogP contribution in [-0.2, 0) is 6.42 Å². The largest absolute Gasteiger partial charge is 0.347 e. The van der Waals surface area contributed by atoms with Gasteiger partial charge in [-0.05, 0) is 29.9 Å². The molecular formula is C13H23ClN2OS. The van der Waals surface area contributed by atoms with Gasteiger partial charge in [-0.3, -0.25) is 4.79 Å². The van der Waals surface area contributed by atoms with E-state index < -0.39 is 0 Å². The SMILES string of the molecule is CCCCC(CN)NC(=O)c1sccc1CC.Cl. The Morgan fingerprint density at radius 1 is 1.50 bits per heavy atom. The smallest absolute Gasteiger partial charge is 0.261 e. The Morgan fingerprint density at radius 2 is 2.22 bits per heavy atom. The first-order chi connectivity index (χ1) is 8.22. The maximum Gasteiger partial charge on any atom is 0.261 e. The van der Waals surface area contributed by atoms with Gasteiger partial charge in [0, 0.05) is 12.6 Å². The molecule has 0 saturated carbocycles. The van der Waals surface area contributed by atoms with Crippen molar-refractivity contribution in [1.29, 1.82) is 0 Å². The molecular weight excluding hydrogens is 268 g/mol. The van der Waals surface area contributed by atoms with Gasteiger partial charge in [-0.1, -0.05) is 26.7 Å². The van der Waals surface area contributed by atoms with E-state index in [0.717, 1.165) is 36.1 Å². The summed E-state index contributed by atoms with van der Waals surface area (Å²) in [5, 5.41) is 4.99. The fourth-order valence-electron chi connectivity index (χ4n) is 1.76. The first-order valence-electron chi connectivity index (χ1n) is 6.30. The molecule has 0 saturated heterocycles. The zero-order valence-electron chi connectivity index (χ0n) is 11.1. The topological polar surface area (TPSA) is 55.1 Å². The first-order valence-corrected chi connectivity index (χ1v) is 7.18. The van der Waals surface area contributed by atoms with Crippen LogP contribution in [0.25, 0.3) is 0 Å². The van der Waals surface area contributed by atoms with Crippen molar-refractivity contribution in [1.82, 2.24) is 5.32 Å². The van der Waals surface area contributed by atoms with Gasteiger partial charge in [-0.15, -0.1) is 23.7 Å². The van der Waals surface area contributed by atoms with Gasteiger partial charge in [0.05, 0.1) is 4.88 Å². The Labute approximate surface area is 120 Å². The molecule has 0 radical (unpaired) electrons. The van der Waals surface area contributed by atoms with E-state index in [4.69, 9.17) is 5.73 Å². The summed E-state index contributed by atoms with van der Waals surface area (Å²) in [4.78, 5) is 12.9. The van der Waals surface area contributed by atoms with Crippen LogP contribution in [0.4, 0.5) is 0 Å². The number of nitrogens with two attached hydrogens (primary N) is 1. The number of hydrogen-bond acceptors (Lipinski definition) is 3. The zero-order valence-corrected chi connectivity index (χ0v) is 12.7. The highest BCUT2D eigenvalue weighted by molar-refractivity contribution is 7.12. The Balaban J connectivity index is 0.00000289. The predicted molar refractivity (Wildman–Crippen MR) is 80.8 cm³/mol. The molecule has 3 nitrogen and oxygen atoms in total. The molecule has 1 unspecified atom stereocenters. The average molecular weight is 291 g/mol. The van der Waals surface area contributed by atoms with Crippen molar-refractivity contribution < 1.29 is 4.79 Å². The van der Waals surface area contributed by atoms with E-state index >= 15 is 0 Å². The van der Waals surface area contributed by atoms with Gasteiger partial charge in [0.2, 0.25) is 0 Å². The lowest BCUT2D eigenvalue weighted by atomic mass is 10.1. The summed E-state index contributed by atoms with van der Waals surface area (Å²) in [7, 11) is 0. The number of unbranched alkanes of at least 4 members (excludes halogenated alkanes) is 1. The van der Waals surface area contributed by atoms with Crippen LogP contribution in [0.3, 0.4) is 0 Å². The van der Waals surface area contributed by atoms with Gasteiger partial charge < -0.3 is 11.1 Å². The summed E-state index contributed by atoms with van der Waals surface area (Å²) < 4.78 is 0. The third-order valence-electron chi connectivity index (χ3n) is 2.86. The Kier molecular flexibility index (Phi) is 9.06. The van der Waals surface area contributed by atoms with Crippen molar-refractivity contribution in [2.24, 2.45) is 5.73 Å². The molecule has 1 heterocycles. The number of amides is 1. The minimum atomic E-state index is 0. The van der Waals surface area contributed by atoms with E-state index in [9.17, 15) is 4.79 Å². The molecule has 1 rings (SSSR count). The first kappa shape index (κ1) is 17.4. The number of aryl methyl sites for hydroxylation is 1. The zero-order chi connectivity index (χ0) is 12.7. The third-order valence-corrected chi connectivity index (χ3v) is 3.82. The van der Waals surface area contributed by atoms with E-state index in [1.165, 1.54) is 11.3 Å². The lowest BCUT2D eigenvalue weighted by molar-refractivity contribution is 0.0939. The number of carbonyl (C=O) groups is 1. The van der Waals surface area contributed by atoms with Gasteiger partial charge in [-0.25, -0.2) is 0 Å². The lowest BCUT2D eigenvalue weighted by Gasteiger charge is -2.16. The second-order valence-electron chi connectivity index (χ2n) is 4.18. The fourth-order valence-corrected chi connectivity index (χ4v) is 2.66. The average Bonchev–Trinajstić information content (AvgIpc) is 2.82. The van der Waals surface area contributed by atoms with Gasteiger partial charge in [-0.2, -0.15) is 0 Å². The molecule has 5 heteroatoms. The van der Waals surface area contributed by atoms with E-state index in [2.05, 4.69) is 19.2 Å². The van der Waals surface area contributed by atoms with E-state index in [1.807, 2.05) is 11.4 Å². The van der Waals surface area contributed by atoms with Crippen LogP contribution in [0.2, 0.25) is 0 Å². The van der Waals surface area contributed by atoms with Crippen molar-refractivity contribution in [3.05, 3.63) is 21.9 Å². The molecule has 1 amide bonds. The maximum absolute atomic E-state index is 12.1. The van der Waals surface area contributed by atoms with E-state index in [1.54, 1.807) is 0 Å². The minimum absolute atomic E-state index is 0. The Morgan fingerprint density at radius 3 is 2.78 bits per heavy atom. The monoisotopic (exact) mass is 290 g/mol. The van der Waals surface area contributed by atoms with Crippen LogP contribution in [0, 0.1) is 0 Å². The maximum atomic E-state index is 12.1. The number of thiophene rings is 1.